The summed E-state index contributed by atoms with van der Waals surface area (Å²) < 4.78 is 39.8. The van der Waals surface area contributed by atoms with Crippen LogP contribution in [0.1, 0.15) is 11.3 Å². The Kier molecular flexibility index (Phi) is 3.64. The minimum atomic E-state index is -3.82. The van der Waals surface area contributed by atoms with Crippen LogP contribution in [0.5, 0.6) is 0 Å². The molecular weight excluding hydrogens is 337 g/mol. The van der Waals surface area contributed by atoms with Crippen molar-refractivity contribution in [2.75, 3.05) is 4.72 Å². The van der Waals surface area contributed by atoms with E-state index in [1.54, 1.807) is 13.8 Å². The smallest absolute Gasteiger partial charge is 0.264 e. The van der Waals surface area contributed by atoms with Gasteiger partial charge in [0.25, 0.3) is 10.0 Å². The van der Waals surface area contributed by atoms with Crippen LogP contribution in [0, 0.1) is 19.7 Å². The number of anilines is 1. The van der Waals surface area contributed by atoms with Gasteiger partial charge in [-0.3, -0.25) is 9.82 Å². The van der Waals surface area contributed by atoms with Crippen molar-refractivity contribution in [3.05, 3.63) is 39.7 Å². The molecule has 0 unspecified atom stereocenters. The van der Waals surface area contributed by atoms with E-state index in [1.165, 1.54) is 6.07 Å². The SMILES string of the molecule is Cc1[nH]nc(NS(=O)(=O)c2ccc(F)cc2Br)c1C. The maximum Gasteiger partial charge on any atom is 0.264 e. The average molecular weight is 348 g/mol. The van der Waals surface area contributed by atoms with E-state index in [0.29, 0.717) is 5.56 Å². The summed E-state index contributed by atoms with van der Waals surface area (Å²) >= 11 is 3.03. The molecule has 0 saturated heterocycles. The maximum absolute atomic E-state index is 13.0. The fraction of sp³-hybridized carbons (Fsp3) is 0.182. The minimum absolute atomic E-state index is 0.0473. The van der Waals surface area contributed by atoms with Crippen LogP contribution in [-0.4, -0.2) is 18.6 Å². The highest BCUT2D eigenvalue weighted by molar-refractivity contribution is 9.10. The predicted octanol–water partition coefficient (Wildman–Crippen LogP) is 2.73. The number of hydrogen-bond acceptors (Lipinski definition) is 3. The number of sulfonamides is 1. The molecule has 0 aliphatic carbocycles. The third kappa shape index (κ3) is 2.79. The van der Waals surface area contributed by atoms with Crippen LogP contribution in [0.3, 0.4) is 0 Å². The molecule has 102 valence electrons. The van der Waals surface area contributed by atoms with Crippen molar-refractivity contribution in [2.45, 2.75) is 18.7 Å². The molecule has 1 aromatic carbocycles. The Morgan fingerprint density at radius 3 is 2.58 bits per heavy atom. The number of nitrogens with one attached hydrogen (secondary N) is 2. The highest BCUT2D eigenvalue weighted by atomic mass is 79.9. The fourth-order valence-electron chi connectivity index (χ4n) is 1.46. The van der Waals surface area contributed by atoms with Gasteiger partial charge in [0.05, 0.1) is 0 Å². The molecule has 2 rings (SSSR count). The number of benzene rings is 1. The molecule has 0 saturated carbocycles. The zero-order valence-corrected chi connectivity index (χ0v) is 12.6. The van der Waals surface area contributed by atoms with Gasteiger partial charge in [-0.15, -0.1) is 0 Å². The van der Waals surface area contributed by atoms with E-state index in [0.717, 1.165) is 17.8 Å². The van der Waals surface area contributed by atoms with Gasteiger partial charge in [0.2, 0.25) is 0 Å². The summed E-state index contributed by atoms with van der Waals surface area (Å²) in [6.45, 7) is 3.53. The van der Waals surface area contributed by atoms with Gasteiger partial charge in [0, 0.05) is 15.7 Å². The molecule has 8 heteroatoms. The molecule has 0 atom stereocenters. The third-order valence-electron chi connectivity index (χ3n) is 2.67. The molecule has 2 N–H and O–H groups in total. The first-order chi connectivity index (χ1) is 8.81. The number of nitrogens with zero attached hydrogens (tertiary/aromatic N) is 1. The van der Waals surface area contributed by atoms with E-state index in [2.05, 4.69) is 30.8 Å². The molecule has 0 aliphatic rings. The van der Waals surface area contributed by atoms with E-state index < -0.39 is 15.8 Å². The maximum atomic E-state index is 13.0. The van der Waals surface area contributed by atoms with Crippen LogP contribution < -0.4 is 4.72 Å². The molecule has 0 bridgehead atoms. The van der Waals surface area contributed by atoms with E-state index >= 15 is 0 Å². The molecule has 1 heterocycles. The van der Waals surface area contributed by atoms with Gasteiger partial charge in [-0.05, 0) is 48.0 Å². The Bertz CT molecular complexity index is 728. The summed E-state index contributed by atoms with van der Waals surface area (Å²) in [5, 5.41) is 6.55. The number of halogens is 2. The normalized spacial score (nSPS) is 11.6. The fourth-order valence-corrected chi connectivity index (χ4v) is 3.58. The van der Waals surface area contributed by atoms with Crippen LogP contribution in [0.4, 0.5) is 10.2 Å². The molecule has 19 heavy (non-hydrogen) atoms. The zero-order chi connectivity index (χ0) is 14.2. The van der Waals surface area contributed by atoms with E-state index in [-0.39, 0.29) is 15.2 Å². The molecular formula is C11H11BrFN3O2S. The summed E-state index contributed by atoms with van der Waals surface area (Å²) in [7, 11) is -3.82. The largest absolute Gasteiger partial charge is 0.280 e. The second kappa shape index (κ2) is 4.93. The summed E-state index contributed by atoms with van der Waals surface area (Å²) in [4.78, 5) is -0.0473. The summed E-state index contributed by atoms with van der Waals surface area (Å²) in [5.41, 5.74) is 1.48. The standard InChI is InChI=1S/C11H11BrFN3O2S/c1-6-7(2)14-15-11(6)16-19(17,18)10-4-3-8(13)5-9(10)12/h3-5H,1-2H3,(H2,14,15,16). The van der Waals surface area contributed by atoms with Crippen molar-refractivity contribution in [1.82, 2.24) is 10.2 Å². The first-order valence-electron chi connectivity index (χ1n) is 5.30. The lowest BCUT2D eigenvalue weighted by molar-refractivity contribution is 0.598. The summed E-state index contributed by atoms with van der Waals surface area (Å²) in [6, 6.07) is 3.37. The van der Waals surface area contributed by atoms with E-state index in [4.69, 9.17) is 0 Å². The van der Waals surface area contributed by atoms with E-state index in [9.17, 15) is 12.8 Å². The average Bonchev–Trinajstić information content (AvgIpc) is 2.60. The summed E-state index contributed by atoms with van der Waals surface area (Å²) in [5.74, 6) is -0.286. The summed E-state index contributed by atoms with van der Waals surface area (Å²) in [6.07, 6.45) is 0. The number of rotatable bonds is 3. The van der Waals surface area contributed by atoms with Gasteiger partial charge in [-0.2, -0.15) is 5.10 Å². The van der Waals surface area contributed by atoms with Gasteiger partial charge < -0.3 is 0 Å². The van der Waals surface area contributed by atoms with Crippen molar-refractivity contribution in [1.29, 1.82) is 0 Å². The van der Waals surface area contributed by atoms with Gasteiger partial charge in [0.1, 0.15) is 10.7 Å². The molecule has 1 aromatic heterocycles. The van der Waals surface area contributed by atoms with Crippen LogP contribution in [0.2, 0.25) is 0 Å². The van der Waals surface area contributed by atoms with Gasteiger partial charge >= 0.3 is 0 Å². The number of aryl methyl sites for hydroxylation is 1. The quantitative estimate of drug-likeness (QED) is 0.896. The number of aromatic nitrogens is 2. The Balaban J connectivity index is 2.41. The lowest BCUT2D eigenvalue weighted by Gasteiger charge is -2.08. The second-order valence-electron chi connectivity index (χ2n) is 4.00. The number of hydrogen-bond donors (Lipinski definition) is 2. The van der Waals surface area contributed by atoms with Gasteiger partial charge in [-0.25, -0.2) is 12.8 Å². The van der Waals surface area contributed by atoms with Crippen molar-refractivity contribution >= 4 is 31.8 Å². The molecule has 0 spiro atoms. The Morgan fingerprint density at radius 1 is 1.37 bits per heavy atom. The molecule has 0 aliphatic heterocycles. The molecule has 0 radical (unpaired) electrons. The zero-order valence-electron chi connectivity index (χ0n) is 10.2. The van der Waals surface area contributed by atoms with Crippen molar-refractivity contribution in [3.8, 4) is 0 Å². The minimum Gasteiger partial charge on any atom is -0.280 e. The lowest BCUT2D eigenvalue weighted by Crippen LogP contribution is -2.14. The second-order valence-corrected chi connectivity index (χ2v) is 6.51. The monoisotopic (exact) mass is 347 g/mol. The highest BCUT2D eigenvalue weighted by Gasteiger charge is 2.20. The predicted molar refractivity (Wildman–Crippen MR) is 73.0 cm³/mol. The van der Waals surface area contributed by atoms with Crippen LogP contribution in [-0.2, 0) is 10.0 Å². The van der Waals surface area contributed by atoms with Crippen molar-refractivity contribution in [3.63, 3.8) is 0 Å². The molecule has 5 nitrogen and oxygen atoms in total. The Labute approximate surface area is 118 Å². The Hall–Kier alpha value is -1.41. The van der Waals surface area contributed by atoms with Crippen LogP contribution >= 0.6 is 15.9 Å². The Morgan fingerprint density at radius 2 is 2.05 bits per heavy atom. The molecule has 2 aromatic rings. The van der Waals surface area contributed by atoms with Crippen LogP contribution in [0.25, 0.3) is 0 Å². The lowest BCUT2D eigenvalue weighted by atomic mass is 10.3. The van der Waals surface area contributed by atoms with Crippen LogP contribution in [0.15, 0.2) is 27.6 Å². The van der Waals surface area contributed by atoms with Crippen molar-refractivity contribution < 1.29 is 12.8 Å². The number of aromatic amines is 1. The molecule has 0 amide bonds. The topological polar surface area (TPSA) is 74.8 Å². The first kappa shape index (κ1) is 14.0. The third-order valence-corrected chi connectivity index (χ3v) is 4.98. The van der Waals surface area contributed by atoms with Crippen molar-refractivity contribution in [2.24, 2.45) is 0 Å². The van der Waals surface area contributed by atoms with Gasteiger partial charge in [0.15, 0.2) is 5.82 Å². The van der Waals surface area contributed by atoms with E-state index in [1.807, 2.05) is 0 Å². The number of H-pyrrole nitrogens is 1. The molecule has 0 fully saturated rings. The first-order valence-corrected chi connectivity index (χ1v) is 7.58. The highest BCUT2D eigenvalue weighted by Crippen LogP contribution is 2.25. The van der Waals surface area contributed by atoms with Gasteiger partial charge in [-0.1, -0.05) is 0 Å².